The van der Waals surface area contributed by atoms with Crippen LogP contribution in [0.25, 0.3) is 0 Å². The first-order chi connectivity index (χ1) is 15.7. The van der Waals surface area contributed by atoms with Gasteiger partial charge in [0, 0.05) is 33.0 Å². The van der Waals surface area contributed by atoms with Crippen LogP contribution in [-0.2, 0) is 32.4 Å². The van der Waals surface area contributed by atoms with Gasteiger partial charge in [0.05, 0.1) is 17.9 Å². The molecule has 11 heteroatoms. The van der Waals surface area contributed by atoms with E-state index in [2.05, 4.69) is 5.16 Å². The number of para-hydroxylation sites is 1. The van der Waals surface area contributed by atoms with Gasteiger partial charge in [0.1, 0.15) is 23.9 Å². The highest BCUT2D eigenvalue weighted by Crippen LogP contribution is 2.30. The molecule has 0 spiro atoms. The Morgan fingerprint density at radius 2 is 1.76 bits per heavy atom. The third-order valence-corrected chi connectivity index (χ3v) is 6.93. The number of ether oxygens (including phenoxy) is 2. The molecule has 0 aliphatic carbocycles. The largest absolute Gasteiger partial charge is 0.490 e. The van der Waals surface area contributed by atoms with Gasteiger partial charge in [-0.3, -0.25) is 0 Å². The lowest BCUT2D eigenvalue weighted by Gasteiger charge is -2.27. The molecule has 0 N–H and O–H groups in total. The maximum absolute atomic E-state index is 13.1. The zero-order chi connectivity index (χ0) is 23.9. The van der Waals surface area contributed by atoms with Gasteiger partial charge in [0.15, 0.2) is 0 Å². The Kier molecular flexibility index (Phi) is 8.33. The van der Waals surface area contributed by atoms with E-state index in [0.717, 1.165) is 12.1 Å². The molecule has 0 radical (unpaired) electrons. The van der Waals surface area contributed by atoms with Gasteiger partial charge < -0.3 is 14.3 Å². The number of alkyl halides is 3. The van der Waals surface area contributed by atoms with Gasteiger partial charge in [-0.2, -0.15) is 17.5 Å². The molecule has 1 heterocycles. The minimum absolute atomic E-state index is 0.0855. The first-order valence-electron chi connectivity index (χ1n) is 10.3. The predicted octanol–water partition coefficient (Wildman–Crippen LogP) is 4.09. The Bertz CT molecular complexity index is 1060. The summed E-state index contributed by atoms with van der Waals surface area (Å²) in [6.07, 6.45) is -3.71. The van der Waals surface area contributed by atoms with Crippen LogP contribution in [0.1, 0.15) is 24.0 Å². The van der Waals surface area contributed by atoms with E-state index >= 15 is 0 Å². The lowest BCUT2D eigenvalue weighted by molar-refractivity contribution is -0.137. The van der Waals surface area contributed by atoms with Crippen LogP contribution in [0.2, 0.25) is 0 Å². The molecule has 1 aliphatic rings. The Morgan fingerprint density at radius 3 is 2.45 bits per heavy atom. The van der Waals surface area contributed by atoms with Crippen molar-refractivity contribution in [1.82, 2.24) is 4.31 Å². The summed E-state index contributed by atoms with van der Waals surface area (Å²) in [5, 5.41) is 4.00. The molecule has 0 aromatic heterocycles. The van der Waals surface area contributed by atoms with Crippen LogP contribution in [0.15, 0.2) is 58.6 Å². The number of nitrogens with zero attached hydrogens (tertiary/aromatic N) is 2. The van der Waals surface area contributed by atoms with Gasteiger partial charge in [-0.1, -0.05) is 29.4 Å². The molecule has 33 heavy (non-hydrogen) atoms. The van der Waals surface area contributed by atoms with E-state index in [1.54, 1.807) is 18.2 Å². The minimum atomic E-state index is -4.42. The van der Waals surface area contributed by atoms with Gasteiger partial charge in [0.2, 0.25) is 10.0 Å². The topological polar surface area (TPSA) is 77.4 Å². The fraction of sp³-hybridized carbons (Fsp3) is 0.409. The zero-order valence-electron chi connectivity index (χ0n) is 18.0. The monoisotopic (exact) mass is 486 g/mol. The van der Waals surface area contributed by atoms with Gasteiger partial charge in [-0.05, 0) is 29.8 Å². The molecule has 3 rings (SSSR count). The number of rotatable bonds is 9. The lowest BCUT2D eigenvalue weighted by atomic mass is 10.1. The first-order valence-corrected chi connectivity index (χ1v) is 11.7. The van der Waals surface area contributed by atoms with Crippen LogP contribution in [0.3, 0.4) is 0 Å². The average molecular weight is 487 g/mol. The molecular weight excluding hydrogens is 461 g/mol. The van der Waals surface area contributed by atoms with Crippen molar-refractivity contribution in [3.05, 3.63) is 59.7 Å². The van der Waals surface area contributed by atoms with Crippen molar-refractivity contribution in [2.24, 2.45) is 5.16 Å². The summed E-state index contributed by atoms with van der Waals surface area (Å²) < 4.78 is 76.5. The van der Waals surface area contributed by atoms with Crippen LogP contribution in [-0.4, -0.2) is 51.8 Å². The first kappa shape index (κ1) is 25.0. The lowest BCUT2D eigenvalue weighted by Crippen LogP contribution is -2.38. The van der Waals surface area contributed by atoms with Crippen LogP contribution in [0, 0.1) is 0 Å². The van der Waals surface area contributed by atoms with Crippen molar-refractivity contribution in [3.8, 4) is 5.75 Å². The number of methoxy groups -OCH3 is 1. The van der Waals surface area contributed by atoms with Crippen LogP contribution < -0.4 is 4.74 Å². The minimum Gasteiger partial charge on any atom is -0.490 e. The Morgan fingerprint density at radius 1 is 1.03 bits per heavy atom. The van der Waals surface area contributed by atoms with E-state index in [0.29, 0.717) is 30.7 Å². The molecule has 0 atom stereocenters. The van der Waals surface area contributed by atoms with Crippen molar-refractivity contribution in [2.45, 2.75) is 30.5 Å². The quantitative estimate of drug-likeness (QED) is 0.394. The summed E-state index contributed by atoms with van der Waals surface area (Å²) in [6, 6.07) is 11.3. The molecule has 1 saturated heterocycles. The van der Waals surface area contributed by atoms with Gasteiger partial charge in [-0.15, -0.1) is 0 Å². The SMILES string of the molecule is COCCOc1ccccc1S(=O)(=O)N1CCC(=NOCc2cccc(C(F)(F)F)c2)CC1. The third kappa shape index (κ3) is 6.68. The number of oxime groups is 1. The predicted molar refractivity (Wildman–Crippen MR) is 115 cm³/mol. The second kappa shape index (κ2) is 11.0. The highest BCUT2D eigenvalue weighted by Gasteiger charge is 2.31. The summed E-state index contributed by atoms with van der Waals surface area (Å²) in [6.45, 7) is 0.865. The number of sulfonamides is 1. The Balaban J connectivity index is 1.58. The molecule has 0 bridgehead atoms. The summed E-state index contributed by atoms with van der Waals surface area (Å²) in [5.41, 5.74) is 0.249. The van der Waals surface area contributed by atoms with Crippen LogP contribution in [0.5, 0.6) is 5.75 Å². The van der Waals surface area contributed by atoms with E-state index in [1.807, 2.05) is 0 Å². The highest BCUT2D eigenvalue weighted by atomic mass is 32.2. The maximum Gasteiger partial charge on any atom is 0.416 e. The molecule has 2 aromatic carbocycles. The van der Waals surface area contributed by atoms with E-state index in [4.69, 9.17) is 14.3 Å². The van der Waals surface area contributed by atoms with Gasteiger partial charge in [-0.25, -0.2) is 8.42 Å². The molecule has 1 aliphatic heterocycles. The number of piperidine rings is 1. The molecular formula is C22H25F3N2O5S. The number of hydrogen-bond acceptors (Lipinski definition) is 6. The van der Waals surface area contributed by atoms with E-state index < -0.39 is 21.8 Å². The second-order valence-corrected chi connectivity index (χ2v) is 9.23. The summed E-state index contributed by atoms with van der Waals surface area (Å²) in [5.74, 6) is 0.262. The van der Waals surface area contributed by atoms with Crippen molar-refractivity contribution in [1.29, 1.82) is 0 Å². The van der Waals surface area contributed by atoms with Crippen molar-refractivity contribution < 1.29 is 35.9 Å². The highest BCUT2D eigenvalue weighted by molar-refractivity contribution is 7.89. The normalized spacial score (nSPS) is 15.3. The summed E-state index contributed by atoms with van der Waals surface area (Å²) in [7, 11) is -2.24. The zero-order valence-corrected chi connectivity index (χ0v) is 18.9. The average Bonchev–Trinajstić information content (AvgIpc) is 2.79. The maximum atomic E-state index is 13.1. The number of hydrogen-bond donors (Lipinski definition) is 0. The third-order valence-electron chi connectivity index (χ3n) is 4.99. The Labute approximate surface area is 190 Å². The molecule has 2 aromatic rings. The van der Waals surface area contributed by atoms with E-state index in [-0.39, 0.29) is 36.9 Å². The smallest absolute Gasteiger partial charge is 0.416 e. The van der Waals surface area contributed by atoms with Crippen LogP contribution in [0.4, 0.5) is 13.2 Å². The molecule has 0 unspecified atom stereocenters. The van der Waals surface area contributed by atoms with Crippen molar-refractivity contribution >= 4 is 15.7 Å². The van der Waals surface area contributed by atoms with E-state index in [9.17, 15) is 21.6 Å². The van der Waals surface area contributed by atoms with Crippen molar-refractivity contribution in [3.63, 3.8) is 0 Å². The summed E-state index contributed by atoms with van der Waals surface area (Å²) >= 11 is 0. The molecule has 180 valence electrons. The number of benzene rings is 2. The Hall–Kier alpha value is -2.63. The molecule has 7 nitrogen and oxygen atoms in total. The van der Waals surface area contributed by atoms with Crippen molar-refractivity contribution in [2.75, 3.05) is 33.4 Å². The van der Waals surface area contributed by atoms with Crippen LogP contribution >= 0.6 is 0 Å². The molecule has 0 amide bonds. The van der Waals surface area contributed by atoms with Gasteiger partial charge in [0.25, 0.3) is 0 Å². The fourth-order valence-corrected chi connectivity index (χ4v) is 4.84. The second-order valence-electron chi connectivity index (χ2n) is 7.32. The van der Waals surface area contributed by atoms with Gasteiger partial charge >= 0.3 is 6.18 Å². The standard InChI is InChI=1S/C22H25F3N2O5S/c1-30-13-14-31-20-7-2-3-8-21(20)33(28,29)27-11-9-19(10-12-27)26-32-16-17-5-4-6-18(15-17)22(23,24)25/h2-8,15H,9-14,16H2,1H3. The molecule has 1 fully saturated rings. The van der Waals surface area contributed by atoms with E-state index in [1.165, 1.54) is 29.6 Å². The number of halogens is 3. The fourth-order valence-electron chi connectivity index (χ4n) is 3.27. The summed E-state index contributed by atoms with van der Waals surface area (Å²) in [4.78, 5) is 5.31. The molecule has 0 saturated carbocycles.